The Balaban J connectivity index is 2.02. The lowest BCUT2D eigenvalue weighted by atomic mass is 10.1. The predicted molar refractivity (Wildman–Crippen MR) is 172 cm³/mol. The zero-order valence-corrected chi connectivity index (χ0v) is 23.6. The number of carbonyl (C=O) groups excluding carboxylic acids is 2. The largest absolute Gasteiger partial charge is 0.465 e. The molecule has 0 heterocycles. The van der Waals surface area contributed by atoms with E-state index in [2.05, 4.69) is 5.32 Å². The molecule has 0 fully saturated rings. The first-order chi connectivity index (χ1) is 20.1. The number of hydrogen-bond acceptors (Lipinski definition) is 3. The van der Waals surface area contributed by atoms with Crippen LogP contribution in [0.4, 0.5) is 5.69 Å². The molecule has 0 aromatic heterocycles. The molecule has 5 heteroatoms. The van der Waals surface area contributed by atoms with Crippen molar-refractivity contribution in [3.8, 4) is 0 Å². The molecule has 0 bridgehead atoms. The highest BCUT2D eigenvalue weighted by Gasteiger charge is 2.37. The summed E-state index contributed by atoms with van der Waals surface area (Å²) in [5, 5.41) is 6.30. The topological polar surface area (TPSA) is 55.4 Å². The van der Waals surface area contributed by atoms with Crippen LogP contribution in [-0.4, -0.2) is 24.3 Å². The van der Waals surface area contributed by atoms with Crippen LogP contribution in [0, 0.1) is 0 Å². The first-order valence-corrected chi connectivity index (χ1v) is 15.1. The van der Waals surface area contributed by atoms with Crippen LogP contribution in [0.1, 0.15) is 5.56 Å². The molecule has 1 amide bonds. The molecular formula is C36H30NO3P. The summed E-state index contributed by atoms with van der Waals surface area (Å²) >= 11 is 0. The third-order valence-electron chi connectivity index (χ3n) is 6.78. The number of esters is 1. The van der Waals surface area contributed by atoms with Crippen LogP contribution in [0.15, 0.2) is 157 Å². The van der Waals surface area contributed by atoms with E-state index < -0.39 is 12.9 Å². The number of para-hydroxylation sites is 1. The Kier molecular flexibility index (Phi) is 8.73. The molecule has 0 saturated heterocycles. The van der Waals surface area contributed by atoms with Crippen molar-refractivity contribution in [2.24, 2.45) is 0 Å². The lowest BCUT2D eigenvalue weighted by Crippen LogP contribution is -2.38. The van der Waals surface area contributed by atoms with E-state index in [9.17, 15) is 9.59 Å². The van der Waals surface area contributed by atoms with Crippen LogP contribution < -0.4 is 21.2 Å². The average molecular weight is 556 g/mol. The van der Waals surface area contributed by atoms with Crippen molar-refractivity contribution in [1.29, 1.82) is 0 Å². The van der Waals surface area contributed by atoms with Gasteiger partial charge in [-0.15, -0.1) is 0 Å². The van der Waals surface area contributed by atoms with Gasteiger partial charge in [0.1, 0.15) is 0 Å². The minimum atomic E-state index is -2.98. The molecule has 5 aromatic carbocycles. The van der Waals surface area contributed by atoms with Crippen molar-refractivity contribution >= 4 is 51.7 Å². The van der Waals surface area contributed by atoms with E-state index in [1.54, 1.807) is 6.08 Å². The number of carbonyl (C=O) groups is 2. The van der Waals surface area contributed by atoms with E-state index in [-0.39, 0.29) is 11.5 Å². The summed E-state index contributed by atoms with van der Waals surface area (Å²) in [7, 11) is 1.35. The normalized spacial score (nSPS) is 11.4. The highest BCUT2D eigenvalue weighted by atomic mass is 31.2. The van der Waals surface area contributed by atoms with Gasteiger partial charge < -0.3 is 10.1 Å². The molecule has 0 aliphatic heterocycles. The van der Waals surface area contributed by atoms with Gasteiger partial charge in [0.25, 0.3) is 5.91 Å². The molecule has 0 aliphatic rings. The SMILES string of the molecule is COC(=O)/C(=C/c1ccccc1)C(C(=O)Nc1ccccc1)=P(c1ccccc1)(c1ccccc1)c1ccccc1. The van der Waals surface area contributed by atoms with Crippen LogP contribution in [0.3, 0.4) is 0 Å². The maximum Gasteiger partial charge on any atom is 0.338 e. The van der Waals surface area contributed by atoms with E-state index in [1.165, 1.54) is 7.11 Å². The van der Waals surface area contributed by atoms with Gasteiger partial charge in [-0.1, -0.05) is 140 Å². The number of ether oxygens (including phenoxy) is 1. The van der Waals surface area contributed by atoms with E-state index >= 15 is 0 Å². The van der Waals surface area contributed by atoms with Crippen molar-refractivity contribution in [3.63, 3.8) is 0 Å². The molecule has 1 N–H and O–H groups in total. The minimum Gasteiger partial charge on any atom is -0.465 e. The summed E-state index contributed by atoms with van der Waals surface area (Å²) in [6, 6.07) is 48.8. The van der Waals surface area contributed by atoms with Crippen molar-refractivity contribution in [2.75, 3.05) is 12.4 Å². The molecule has 0 radical (unpaired) electrons. The second-order valence-corrected chi connectivity index (χ2v) is 12.6. The smallest absolute Gasteiger partial charge is 0.338 e. The summed E-state index contributed by atoms with van der Waals surface area (Å²) in [5.74, 6) is -0.951. The standard InChI is InChI=1S/C36H30NO3P/c1-40-36(39)33(27-28-17-7-2-8-18-28)34(35(38)37-29-19-9-3-10-20-29)41(30-21-11-4-12-22-30,31-23-13-5-14-24-31)32-25-15-6-16-26-32/h2-27H,1H3,(H,37,38)/b33-27+. The number of rotatable bonds is 8. The van der Waals surface area contributed by atoms with Gasteiger partial charge in [-0.2, -0.15) is 0 Å². The Morgan fingerprint density at radius 2 is 0.976 bits per heavy atom. The molecule has 41 heavy (non-hydrogen) atoms. The molecule has 4 nitrogen and oxygen atoms in total. The Morgan fingerprint density at radius 3 is 1.39 bits per heavy atom. The Bertz CT molecular complexity index is 1600. The summed E-state index contributed by atoms with van der Waals surface area (Å²) < 4.78 is 5.38. The molecule has 5 aromatic rings. The number of nitrogens with one attached hydrogen (secondary N) is 1. The van der Waals surface area contributed by atoms with Crippen molar-refractivity contribution in [3.05, 3.63) is 163 Å². The maximum absolute atomic E-state index is 14.8. The van der Waals surface area contributed by atoms with Gasteiger partial charge in [0.05, 0.1) is 18.0 Å². The fourth-order valence-corrected chi connectivity index (χ4v) is 9.41. The molecule has 0 saturated carbocycles. The Morgan fingerprint density at radius 1 is 0.585 bits per heavy atom. The summed E-state index contributed by atoms with van der Waals surface area (Å²) in [6.07, 6.45) is 1.76. The van der Waals surface area contributed by atoms with Crippen LogP contribution >= 0.6 is 6.89 Å². The lowest BCUT2D eigenvalue weighted by molar-refractivity contribution is -0.135. The number of amides is 1. The number of benzene rings is 5. The first-order valence-electron chi connectivity index (χ1n) is 13.3. The second-order valence-electron chi connectivity index (χ2n) is 9.31. The fourth-order valence-electron chi connectivity index (χ4n) is 5.01. The van der Waals surface area contributed by atoms with Gasteiger partial charge in [0.15, 0.2) is 0 Å². The summed E-state index contributed by atoms with van der Waals surface area (Å²) in [6.45, 7) is -2.98. The predicted octanol–water partition coefficient (Wildman–Crippen LogP) is 6.05. The van der Waals surface area contributed by atoms with Gasteiger partial charge in [-0.3, -0.25) is 4.79 Å². The molecule has 5 rings (SSSR count). The van der Waals surface area contributed by atoms with Gasteiger partial charge in [-0.05, 0) is 46.6 Å². The average Bonchev–Trinajstić information content (AvgIpc) is 3.04. The second kappa shape index (κ2) is 13.0. The highest BCUT2D eigenvalue weighted by molar-refractivity contribution is 7.97. The van der Waals surface area contributed by atoms with E-state index in [1.807, 2.05) is 152 Å². The molecule has 0 spiro atoms. The van der Waals surface area contributed by atoms with Crippen LogP contribution in [-0.2, 0) is 14.3 Å². The number of hydrogen-bond donors (Lipinski definition) is 1. The quantitative estimate of drug-likeness (QED) is 0.144. The molecule has 0 aliphatic carbocycles. The Hall–Kier alpha value is -4.92. The number of anilines is 1. The van der Waals surface area contributed by atoms with Gasteiger partial charge >= 0.3 is 5.97 Å². The minimum absolute atomic E-state index is 0.206. The summed E-state index contributed by atoms with van der Waals surface area (Å²) in [5.41, 5.74) is 1.62. The maximum atomic E-state index is 14.8. The first kappa shape index (κ1) is 27.6. The Labute approximate surface area is 240 Å². The van der Waals surface area contributed by atoms with Gasteiger partial charge in [0.2, 0.25) is 0 Å². The van der Waals surface area contributed by atoms with Crippen LogP contribution in [0.5, 0.6) is 0 Å². The van der Waals surface area contributed by atoms with E-state index in [4.69, 9.17) is 4.74 Å². The summed E-state index contributed by atoms with van der Waals surface area (Å²) in [4.78, 5) is 28.5. The molecule has 0 atom stereocenters. The van der Waals surface area contributed by atoms with Crippen LogP contribution in [0.2, 0.25) is 0 Å². The van der Waals surface area contributed by atoms with Crippen molar-refractivity contribution in [2.45, 2.75) is 0 Å². The highest BCUT2D eigenvalue weighted by Crippen LogP contribution is 2.48. The third-order valence-corrected chi connectivity index (χ3v) is 11.1. The van der Waals surface area contributed by atoms with E-state index in [0.717, 1.165) is 21.5 Å². The zero-order valence-electron chi connectivity index (χ0n) is 22.7. The van der Waals surface area contributed by atoms with Crippen LogP contribution in [0.25, 0.3) is 6.08 Å². The zero-order chi connectivity index (χ0) is 28.5. The van der Waals surface area contributed by atoms with E-state index in [0.29, 0.717) is 11.0 Å². The van der Waals surface area contributed by atoms with Crippen molar-refractivity contribution < 1.29 is 14.3 Å². The van der Waals surface area contributed by atoms with Gasteiger partial charge in [-0.25, -0.2) is 4.79 Å². The third kappa shape index (κ3) is 5.84. The van der Waals surface area contributed by atoms with Crippen molar-refractivity contribution in [1.82, 2.24) is 0 Å². The monoisotopic (exact) mass is 555 g/mol. The van der Waals surface area contributed by atoms with Gasteiger partial charge in [0, 0.05) is 5.69 Å². The lowest BCUT2D eigenvalue weighted by Gasteiger charge is -2.33. The fraction of sp³-hybridized carbons (Fsp3) is 0.0278. The molecule has 0 unspecified atom stereocenters. The number of methoxy groups -OCH3 is 1. The molecule has 202 valence electrons. The molecular weight excluding hydrogens is 525 g/mol.